The molecular formula is C30H37ClFN7O2. The van der Waals surface area contributed by atoms with Crippen LogP contribution in [0.3, 0.4) is 0 Å². The molecule has 0 spiro atoms. The Labute approximate surface area is 243 Å². The van der Waals surface area contributed by atoms with E-state index in [0.29, 0.717) is 53.3 Å². The lowest BCUT2D eigenvalue weighted by Crippen LogP contribution is -2.35. The Morgan fingerprint density at radius 2 is 1.98 bits per heavy atom. The van der Waals surface area contributed by atoms with Gasteiger partial charge in [0.1, 0.15) is 5.65 Å². The van der Waals surface area contributed by atoms with Crippen LogP contribution in [0.5, 0.6) is 0 Å². The minimum absolute atomic E-state index is 0.00942. The van der Waals surface area contributed by atoms with Crippen molar-refractivity contribution in [2.24, 2.45) is 5.73 Å². The molecule has 41 heavy (non-hydrogen) atoms. The smallest absolute Gasteiger partial charge is 0.354 e. The van der Waals surface area contributed by atoms with Crippen molar-refractivity contribution >= 4 is 28.5 Å². The van der Waals surface area contributed by atoms with E-state index >= 15 is 4.39 Å². The number of aromatic nitrogens is 3. The fraction of sp³-hybridized carbons (Fsp3) is 0.367. The van der Waals surface area contributed by atoms with Crippen LogP contribution in [0.15, 0.2) is 53.5 Å². The van der Waals surface area contributed by atoms with Crippen LogP contribution in [0.4, 0.5) is 4.39 Å². The molecule has 0 aliphatic rings. The van der Waals surface area contributed by atoms with Gasteiger partial charge in [0.2, 0.25) is 0 Å². The number of benzene rings is 2. The zero-order chi connectivity index (χ0) is 29.5. The number of hydrogen-bond donors (Lipinski definition) is 6. The third-order valence-corrected chi connectivity index (χ3v) is 7.20. The van der Waals surface area contributed by atoms with Crippen molar-refractivity contribution in [1.29, 1.82) is 5.41 Å². The van der Waals surface area contributed by atoms with Crippen LogP contribution >= 0.6 is 11.6 Å². The molecule has 0 aliphatic heterocycles. The number of aromatic amines is 1. The number of aryl methyl sites for hydroxylation is 1. The number of hydrogen-bond acceptors (Lipinski definition) is 6. The third kappa shape index (κ3) is 8.01. The summed E-state index contributed by atoms with van der Waals surface area (Å²) in [5, 5.41) is 24.0. The lowest BCUT2D eigenvalue weighted by molar-refractivity contribution is 0.235. The summed E-state index contributed by atoms with van der Waals surface area (Å²) in [5.74, 6) is -0.135. The van der Waals surface area contributed by atoms with Gasteiger partial charge in [-0.2, -0.15) is 4.98 Å². The lowest BCUT2D eigenvalue weighted by Gasteiger charge is -2.17. The predicted molar refractivity (Wildman–Crippen MR) is 162 cm³/mol. The average Bonchev–Trinajstić information content (AvgIpc) is 3.34. The Balaban J connectivity index is 1.51. The molecule has 0 saturated heterocycles. The van der Waals surface area contributed by atoms with Gasteiger partial charge in [-0.25, -0.2) is 9.18 Å². The molecule has 0 unspecified atom stereocenters. The Kier molecular flexibility index (Phi) is 10.3. The molecule has 0 radical (unpaired) electrons. The Bertz CT molecular complexity index is 1550. The normalized spacial score (nSPS) is 12.9. The van der Waals surface area contributed by atoms with E-state index in [1.54, 1.807) is 31.3 Å². The molecule has 4 rings (SSSR count). The van der Waals surface area contributed by atoms with E-state index in [1.807, 2.05) is 31.2 Å². The summed E-state index contributed by atoms with van der Waals surface area (Å²) >= 11 is 6.22. The first kappa shape index (κ1) is 30.4. The van der Waals surface area contributed by atoms with Crippen molar-refractivity contribution in [3.05, 3.63) is 81.1 Å². The molecule has 7 N–H and O–H groups in total. The van der Waals surface area contributed by atoms with Crippen LogP contribution in [-0.2, 0) is 13.0 Å². The second-order valence-corrected chi connectivity index (χ2v) is 10.9. The average molecular weight is 582 g/mol. The van der Waals surface area contributed by atoms with Crippen LogP contribution in [0, 0.1) is 11.2 Å². The molecule has 0 saturated carbocycles. The van der Waals surface area contributed by atoms with E-state index in [2.05, 4.69) is 20.6 Å². The van der Waals surface area contributed by atoms with E-state index in [9.17, 15) is 9.90 Å². The highest BCUT2D eigenvalue weighted by Gasteiger charge is 2.16. The van der Waals surface area contributed by atoms with Gasteiger partial charge >= 0.3 is 5.69 Å². The van der Waals surface area contributed by atoms with E-state index in [-0.39, 0.29) is 23.7 Å². The molecule has 0 amide bonds. The quantitative estimate of drug-likeness (QED) is 0.103. The molecule has 2 heterocycles. The highest BCUT2D eigenvalue weighted by atomic mass is 35.5. The molecule has 0 fully saturated rings. The molecule has 2 atom stereocenters. The molecule has 0 bridgehead atoms. The van der Waals surface area contributed by atoms with Crippen molar-refractivity contribution in [1.82, 2.24) is 25.2 Å². The van der Waals surface area contributed by atoms with E-state index < -0.39 is 11.5 Å². The van der Waals surface area contributed by atoms with E-state index in [4.69, 9.17) is 22.7 Å². The zero-order valence-electron chi connectivity index (χ0n) is 23.3. The predicted octanol–water partition coefficient (Wildman–Crippen LogP) is 4.27. The summed E-state index contributed by atoms with van der Waals surface area (Å²) in [7, 11) is 0. The zero-order valence-corrected chi connectivity index (χ0v) is 24.1. The van der Waals surface area contributed by atoms with E-state index in [1.165, 1.54) is 4.57 Å². The molecule has 218 valence electrons. The highest BCUT2D eigenvalue weighted by Crippen LogP contribution is 2.31. The summed E-state index contributed by atoms with van der Waals surface area (Å²) in [6.07, 6.45) is 4.82. The summed E-state index contributed by atoms with van der Waals surface area (Å²) < 4.78 is 16.5. The minimum atomic E-state index is -0.530. The summed E-state index contributed by atoms with van der Waals surface area (Å²) in [5.41, 5.74) is 9.12. The number of nitrogens with zero attached hydrogens (tertiary/aromatic N) is 2. The number of H-pyrrole nitrogens is 1. The van der Waals surface area contributed by atoms with E-state index in [0.717, 1.165) is 30.4 Å². The van der Waals surface area contributed by atoms with Crippen LogP contribution in [0.1, 0.15) is 44.2 Å². The summed E-state index contributed by atoms with van der Waals surface area (Å²) in [6, 6.07) is 12.7. The third-order valence-electron chi connectivity index (χ3n) is 6.92. The van der Waals surface area contributed by atoms with Crippen LogP contribution in [0.2, 0.25) is 5.02 Å². The Hall–Kier alpha value is -3.57. The highest BCUT2D eigenvalue weighted by molar-refractivity contribution is 6.31. The number of aliphatic hydroxyl groups excluding tert-OH is 1. The monoisotopic (exact) mass is 581 g/mol. The van der Waals surface area contributed by atoms with Crippen LogP contribution < -0.4 is 22.1 Å². The number of amidine groups is 1. The van der Waals surface area contributed by atoms with Crippen LogP contribution in [-0.4, -0.2) is 50.7 Å². The molecule has 2 aromatic heterocycles. The van der Waals surface area contributed by atoms with Gasteiger partial charge in [0.05, 0.1) is 28.8 Å². The second kappa shape index (κ2) is 13.9. The maximum Gasteiger partial charge on any atom is 0.354 e. The maximum absolute atomic E-state index is 15.0. The Morgan fingerprint density at radius 1 is 1.22 bits per heavy atom. The first-order chi connectivity index (χ1) is 19.6. The van der Waals surface area contributed by atoms with Crippen molar-refractivity contribution in [2.75, 3.05) is 13.2 Å². The minimum Gasteiger partial charge on any atom is -0.395 e. The lowest BCUT2D eigenvalue weighted by atomic mass is 10.0. The summed E-state index contributed by atoms with van der Waals surface area (Å²) in [6.45, 7) is 4.77. The Morgan fingerprint density at radius 3 is 2.66 bits per heavy atom. The molecule has 4 aromatic rings. The van der Waals surface area contributed by atoms with Gasteiger partial charge in [0.15, 0.2) is 5.82 Å². The number of rotatable bonds is 13. The van der Waals surface area contributed by atoms with Crippen molar-refractivity contribution < 1.29 is 9.50 Å². The number of nitrogens with two attached hydrogens (primary N) is 1. The number of halogens is 2. The fourth-order valence-electron chi connectivity index (χ4n) is 4.67. The molecule has 2 aromatic carbocycles. The number of nitrogens with one attached hydrogen (secondary N) is 4. The van der Waals surface area contributed by atoms with Gasteiger partial charge in [0, 0.05) is 42.3 Å². The molecule has 9 nitrogen and oxygen atoms in total. The molecular weight excluding hydrogens is 545 g/mol. The van der Waals surface area contributed by atoms with Gasteiger partial charge in [-0.05, 0) is 81.0 Å². The van der Waals surface area contributed by atoms with Gasteiger partial charge in [-0.3, -0.25) is 9.98 Å². The van der Waals surface area contributed by atoms with Crippen molar-refractivity contribution in [3.63, 3.8) is 0 Å². The van der Waals surface area contributed by atoms with Crippen molar-refractivity contribution in [3.8, 4) is 16.9 Å². The fourth-order valence-corrected chi connectivity index (χ4v) is 4.91. The van der Waals surface area contributed by atoms with Crippen LogP contribution in [0.25, 0.3) is 28.0 Å². The maximum atomic E-state index is 15.0. The number of aliphatic hydroxyl groups is 1. The first-order valence-electron chi connectivity index (χ1n) is 13.7. The topological polar surface area (TPSA) is 145 Å². The molecule has 0 aliphatic carbocycles. The van der Waals surface area contributed by atoms with Gasteiger partial charge in [-0.1, -0.05) is 23.7 Å². The van der Waals surface area contributed by atoms with Crippen molar-refractivity contribution in [2.45, 2.75) is 58.2 Å². The number of fused-ring (bicyclic) bond motifs is 1. The standard InChI is InChI=1S/C30H37ClFN7O2/c1-18(33)4-3-5-21-12-25(28(32)26(31)13-21)27-14-22-16-39(30(41)38-29(22)37-27)24-8-6-20(7-9-24)15-36-23(17-40)10-11-35-19(2)34/h6-9,12-14,16,18,23,36,40H,3-5,10-11,15,17,33H2,1-2H3,(H2,34,35)(H,37,38,41)/t18-,23+/m0/s1. The largest absolute Gasteiger partial charge is 0.395 e. The second-order valence-electron chi connectivity index (χ2n) is 10.5. The SMILES string of the molecule is CC(=N)NCC[C@H](CO)NCc1ccc(-n2cc3cc(-c4cc(CCC[C@H](C)N)cc(Cl)c4F)[nH]c3nc2=O)cc1. The van der Waals surface area contributed by atoms with Gasteiger partial charge in [0.25, 0.3) is 0 Å². The first-order valence-corrected chi connectivity index (χ1v) is 14.1. The summed E-state index contributed by atoms with van der Waals surface area (Å²) in [4.78, 5) is 20.2. The van der Waals surface area contributed by atoms with Gasteiger partial charge < -0.3 is 26.5 Å². The van der Waals surface area contributed by atoms with Gasteiger partial charge in [-0.15, -0.1) is 0 Å². The molecule has 11 heteroatoms.